The molecule has 0 spiro atoms. The van der Waals surface area contributed by atoms with Crippen molar-refractivity contribution in [2.45, 2.75) is 6.18 Å². The Balaban J connectivity index is 2.36. The predicted molar refractivity (Wildman–Crippen MR) is 61.0 cm³/mol. The lowest BCUT2D eigenvalue weighted by Gasteiger charge is -2.08. The molecule has 94 valence electrons. The molecule has 1 heterocycles. The molecule has 0 saturated carbocycles. The highest BCUT2D eigenvalue weighted by Gasteiger charge is 2.33. The molecule has 0 bridgehead atoms. The molecule has 0 aliphatic carbocycles. The largest absolute Gasteiger partial charge is 0.418 e. The third-order valence-corrected chi connectivity index (χ3v) is 2.39. The number of benzene rings is 1. The van der Waals surface area contributed by atoms with Crippen LogP contribution in [0.15, 0.2) is 52.8 Å². The van der Waals surface area contributed by atoms with E-state index < -0.39 is 11.7 Å². The Hall–Kier alpha value is -2.11. The molecule has 3 nitrogen and oxygen atoms in total. The van der Waals surface area contributed by atoms with E-state index in [-0.39, 0.29) is 5.69 Å². The first-order chi connectivity index (χ1) is 8.48. The van der Waals surface area contributed by atoms with Crippen molar-refractivity contribution in [2.24, 2.45) is 17.3 Å². The number of azo groups is 1. The van der Waals surface area contributed by atoms with Crippen molar-refractivity contribution >= 4 is 11.5 Å². The third-order valence-electron chi connectivity index (χ3n) is 2.39. The minimum Gasteiger partial charge on any atom is -0.335 e. The van der Waals surface area contributed by atoms with Crippen LogP contribution in [0.2, 0.25) is 0 Å². The highest BCUT2D eigenvalue weighted by Crippen LogP contribution is 2.36. The van der Waals surface area contributed by atoms with Gasteiger partial charge in [-0.1, -0.05) is 12.1 Å². The summed E-state index contributed by atoms with van der Waals surface area (Å²) in [6, 6.07) is 8.50. The minimum absolute atomic E-state index is 0.189. The molecule has 18 heavy (non-hydrogen) atoms. The molecule has 0 amide bonds. The summed E-state index contributed by atoms with van der Waals surface area (Å²) in [6.45, 7) is 0. The van der Waals surface area contributed by atoms with Gasteiger partial charge in [-0.05, 0) is 24.3 Å². The van der Waals surface area contributed by atoms with Crippen LogP contribution in [-0.4, -0.2) is 4.57 Å². The van der Waals surface area contributed by atoms with Crippen LogP contribution in [0.1, 0.15) is 5.56 Å². The number of hydrogen-bond acceptors (Lipinski definition) is 2. The van der Waals surface area contributed by atoms with Crippen molar-refractivity contribution in [2.75, 3.05) is 0 Å². The zero-order valence-corrected chi connectivity index (χ0v) is 9.52. The van der Waals surface area contributed by atoms with E-state index in [1.54, 1.807) is 29.9 Å². The predicted octanol–water partition coefficient (Wildman–Crippen LogP) is 4.46. The van der Waals surface area contributed by atoms with Gasteiger partial charge in [-0.2, -0.15) is 13.2 Å². The molecule has 0 atom stereocenters. The maximum Gasteiger partial charge on any atom is 0.418 e. The lowest BCUT2D eigenvalue weighted by molar-refractivity contribution is -0.137. The summed E-state index contributed by atoms with van der Waals surface area (Å²) in [5.41, 5.74) is -0.978. The molecule has 0 radical (unpaired) electrons. The molecule has 0 N–H and O–H groups in total. The van der Waals surface area contributed by atoms with Crippen LogP contribution in [0.5, 0.6) is 0 Å². The van der Waals surface area contributed by atoms with Crippen molar-refractivity contribution in [1.82, 2.24) is 4.57 Å². The SMILES string of the molecule is Cn1cccc1N=Nc1ccccc1C(F)(F)F. The van der Waals surface area contributed by atoms with Gasteiger partial charge in [0.2, 0.25) is 0 Å². The van der Waals surface area contributed by atoms with Crippen LogP contribution in [0.4, 0.5) is 24.7 Å². The lowest BCUT2D eigenvalue weighted by Crippen LogP contribution is -2.04. The summed E-state index contributed by atoms with van der Waals surface area (Å²) in [7, 11) is 1.74. The van der Waals surface area contributed by atoms with Gasteiger partial charge in [0.15, 0.2) is 5.82 Å². The van der Waals surface area contributed by atoms with Gasteiger partial charge in [0.05, 0.1) is 11.3 Å². The number of alkyl halides is 3. The number of hydrogen-bond donors (Lipinski definition) is 0. The molecule has 1 aromatic carbocycles. The van der Waals surface area contributed by atoms with Crippen LogP contribution in [0, 0.1) is 0 Å². The quantitative estimate of drug-likeness (QED) is 0.707. The third kappa shape index (κ3) is 2.58. The molecule has 0 aliphatic heterocycles. The van der Waals surface area contributed by atoms with Crippen molar-refractivity contribution in [3.05, 3.63) is 48.2 Å². The van der Waals surface area contributed by atoms with Gasteiger partial charge < -0.3 is 4.57 Å². The summed E-state index contributed by atoms with van der Waals surface area (Å²) in [5.74, 6) is 0.493. The van der Waals surface area contributed by atoms with Crippen LogP contribution < -0.4 is 0 Å². The second-order valence-electron chi connectivity index (χ2n) is 3.69. The van der Waals surface area contributed by atoms with Gasteiger partial charge in [-0.15, -0.1) is 10.2 Å². The van der Waals surface area contributed by atoms with Crippen LogP contribution in [0.3, 0.4) is 0 Å². The molecule has 2 aromatic rings. The molecular weight excluding hydrogens is 243 g/mol. The van der Waals surface area contributed by atoms with E-state index in [1.165, 1.54) is 18.2 Å². The zero-order valence-electron chi connectivity index (χ0n) is 9.52. The van der Waals surface area contributed by atoms with Crippen molar-refractivity contribution in [3.8, 4) is 0 Å². The maximum absolute atomic E-state index is 12.7. The van der Waals surface area contributed by atoms with E-state index >= 15 is 0 Å². The normalized spacial score (nSPS) is 12.2. The molecule has 0 saturated heterocycles. The average Bonchev–Trinajstić information content (AvgIpc) is 2.71. The first-order valence-corrected chi connectivity index (χ1v) is 5.18. The van der Waals surface area contributed by atoms with E-state index in [0.29, 0.717) is 5.82 Å². The summed E-state index contributed by atoms with van der Waals surface area (Å²) >= 11 is 0. The summed E-state index contributed by atoms with van der Waals surface area (Å²) in [5, 5.41) is 7.46. The van der Waals surface area contributed by atoms with E-state index in [2.05, 4.69) is 10.2 Å². The van der Waals surface area contributed by atoms with Gasteiger partial charge >= 0.3 is 6.18 Å². The molecule has 0 fully saturated rings. The standard InChI is InChI=1S/C12H10F3N3/c1-18-8-4-7-11(18)17-16-10-6-3-2-5-9(10)12(13,14)15/h2-8H,1H3. The Morgan fingerprint density at radius 1 is 1.00 bits per heavy atom. The number of halogens is 3. The molecule has 6 heteroatoms. The van der Waals surface area contributed by atoms with E-state index in [4.69, 9.17) is 0 Å². The highest BCUT2D eigenvalue weighted by atomic mass is 19.4. The van der Waals surface area contributed by atoms with Crippen molar-refractivity contribution in [3.63, 3.8) is 0 Å². The number of aromatic nitrogens is 1. The number of nitrogens with zero attached hydrogens (tertiary/aromatic N) is 3. The maximum atomic E-state index is 12.7. The number of aryl methyl sites for hydroxylation is 1. The van der Waals surface area contributed by atoms with E-state index in [1.807, 2.05) is 0 Å². The fourth-order valence-corrected chi connectivity index (χ4v) is 1.46. The summed E-state index contributed by atoms with van der Waals surface area (Å²) in [4.78, 5) is 0. The first-order valence-electron chi connectivity index (χ1n) is 5.18. The van der Waals surface area contributed by atoms with Crippen molar-refractivity contribution in [1.29, 1.82) is 0 Å². The highest BCUT2D eigenvalue weighted by molar-refractivity contribution is 5.47. The Morgan fingerprint density at radius 3 is 2.33 bits per heavy atom. The van der Waals surface area contributed by atoms with Gasteiger partial charge in [-0.25, -0.2) is 0 Å². The fraction of sp³-hybridized carbons (Fsp3) is 0.167. The van der Waals surface area contributed by atoms with Gasteiger partial charge in [0.1, 0.15) is 0 Å². The molecule has 0 aliphatic rings. The monoisotopic (exact) mass is 253 g/mol. The van der Waals surface area contributed by atoms with Gasteiger partial charge in [0, 0.05) is 13.2 Å². The summed E-state index contributed by atoms with van der Waals surface area (Å²) < 4.78 is 39.7. The Morgan fingerprint density at radius 2 is 1.72 bits per heavy atom. The smallest absolute Gasteiger partial charge is 0.335 e. The Bertz CT molecular complexity index is 570. The molecule has 1 aromatic heterocycles. The lowest BCUT2D eigenvalue weighted by atomic mass is 10.2. The summed E-state index contributed by atoms with van der Waals surface area (Å²) in [6.07, 6.45) is -2.69. The van der Waals surface area contributed by atoms with Crippen molar-refractivity contribution < 1.29 is 13.2 Å². The van der Waals surface area contributed by atoms with Gasteiger partial charge in [-0.3, -0.25) is 0 Å². The van der Waals surface area contributed by atoms with Crippen LogP contribution in [0.25, 0.3) is 0 Å². The Kier molecular flexibility index (Phi) is 3.18. The number of rotatable bonds is 2. The first kappa shape index (κ1) is 12.3. The van der Waals surface area contributed by atoms with E-state index in [0.717, 1.165) is 6.07 Å². The van der Waals surface area contributed by atoms with E-state index in [9.17, 15) is 13.2 Å². The topological polar surface area (TPSA) is 29.6 Å². The fourth-order valence-electron chi connectivity index (χ4n) is 1.46. The average molecular weight is 253 g/mol. The molecular formula is C12H10F3N3. The minimum atomic E-state index is -4.43. The Labute approximate surface area is 102 Å². The molecule has 2 rings (SSSR count). The molecule has 0 unspecified atom stereocenters. The second kappa shape index (κ2) is 4.64. The van der Waals surface area contributed by atoms with Crippen LogP contribution in [-0.2, 0) is 13.2 Å². The zero-order chi connectivity index (χ0) is 13.2. The van der Waals surface area contributed by atoms with Crippen LogP contribution >= 0.6 is 0 Å². The second-order valence-corrected chi connectivity index (χ2v) is 3.69. The van der Waals surface area contributed by atoms with Gasteiger partial charge in [0.25, 0.3) is 0 Å².